The highest BCUT2D eigenvalue weighted by atomic mass is 16.5. The number of ether oxygens (including phenoxy) is 1. The average molecular weight is 248 g/mol. The molecule has 1 saturated heterocycles. The molecular weight excluding hydrogens is 228 g/mol. The summed E-state index contributed by atoms with van der Waals surface area (Å²) in [5.74, 6) is 2.28. The first-order valence-electron chi connectivity index (χ1n) is 6.59. The molecule has 3 rings (SSSR count). The maximum Gasteiger partial charge on any atom is 0.218 e. The summed E-state index contributed by atoms with van der Waals surface area (Å²) in [6, 6.07) is 1.90. The van der Waals surface area contributed by atoms with E-state index in [-0.39, 0.29) is 11.6 Å². The highest BCUT2D eigenvalue weighted by molar-refractivity contribution is 5.46. The minimum absolute atomic E-state index is 0.0179. The highest BCUT2D eigenvalue weighted by Gasteiger charge is 2.50. The minimum atomic E-state index is 0.0179. The number of hydrogen-bond acceptors (Lipinski definition) is 5. The Morgan fingerprint density at radius 1 is 1.39 bits per heavy atom. The number of anilines is 1. The Labute approximate surface area is 107 Å². The molecule has 1 aromatic rings. The second-order valence-electron chi connectivity index (χ2n) is 5.74. The van der Waals surface area contributed by atoms with E-state index in [1.165, 1.54) is 12.8 Å². The van der Waals surface area contributed by atoms with Crippen molar-refractivity contribution in [2.75, 3.05) is 18.0 Å². The molecule has 0 bridgehead atoms. The number of rotatable bonds is 4. The smallest absolute Gasteiger partial charge is 0.218 e. The summed E-state index contributed by atoms with van der Waals surface area (Å²) >= 11 is 0. The van der Waals surface area contributed by atoms with E-state index in [1.807, 2.05) is 19.9 Å². The molecule has 2 heterocycles. The quantitative estimate of drug-likeness (QED) is 0.867. The second kappa shape index (κ2) is 4.09. The third kappa shape index (κ3) is 2.14. The Hall–Kier alpha value is -1.36. The van der Waals surface area contributed by atoms with Crippen LogP contribution in [0.5, 0.6) is 5.88 Å². The first-order chi connectivity index (χ1) is 8.57. The molecular formula is C13H20N4O. The number of nitrogens with zero attached hydrogens (tertiary/aromatic N) is 3. The first kappa shape index (κ1) is 11.7. The van der Waals surface area contributed by atoms with Crippen molar-refractivity contribution in [2.45, 2.75) is 38.3 Å². The lowest BCUT2D eigenvalue weighted by molar-refractivity contribution is 0.231. The third-order valence-corrected chi connectivity index (χ3v) is 3.67. The van der Waals surface area contributed by atoms with Gasteiger partial charge in [-0.2, -0.15) is 0 Å². The van der Waals surface area contributed by atoms with Crippen molar-refractivity contribution in [3.8, 4) is 5.88 Å². The molecule has 5 nitrogen and oxygen atoms in total. The Bertz CT molecular complexity index is 438. The summed E-state index contributed by atoms with van der Waals surface area (Å²) in [5, 5.41) is 0. The van der Waals surface area contributed by atoms with E-state index in [9.17, 15) is 0 Å². The largest absolute Gasteiger partial charge is 0.475 e. The molecule has 1 aliphatic heterocycles. The van der Waals surface area contributed by atoms with Crippen molar-refractivity contribution in [1.29, 1.82) is 0 Å². The van der Waals surface area contributed by atoms with Crippen LogP contribution in [-0.4, -0.2) is 34.7 Å². The van der Waals surface area contributed by atoms with Crippen LogP contribution in [-0.2, 0) is 0 Å². The molecule has 1 saturated carbocycles. The zero-order valence-electron chi connectivity index (χ0n) is 11.0. The molecule has 5 heteroatoms. The molecule has 2 aliphatic rings. The predicted octanol–water partition coefficient (Wildman–Crippen LogP) is 1.19. The van der Waals surface area contributed by atoms with E-state index >= 15 is 0 Å². The molecule has 98 valence electrons. The lowest BCUT2D eigenvalue weighted by Crippen LogP contribution is -2.69. The SMILES string of the molecule is CC(C)Oc1cc(N2CC(N)(C3CC3)C2)ncn1. The molecule has 1 aromatic heterocycles. The summed E-state index contributed by atoms with van der Waals surface area (Å²) in [4.78, 5) is 10.6. The maximum atomic E-state index is 6.34. The van der Waals surface area contributed by atoms with Gasteiger partial charge in [0, 0.05) is 19.2 Å². The van der Waals surface area contributed by atoms with Gasteiger partial charge in [-0.05, 0) is 32.6 Å². The fourth-order valence-corrected chi connectivity index (χ4v) is 2.55. The molecule has 0 unspecified atom stereocenters. The molecule has 1 aliphatic carbocycles. The topological polar surface area (TPSA) is 64.3 Å². The number of aromatic nitrogens is 2. The van der Waals surface area contributed by atoms with Crippen molar-refractivity contribution in [1.82, 2.24) is 9.97 Å². The zero-order chi connectivity index (χ0) is 12.8. The van der Waals surface area contributed by atoms with Crippen LogP contribution in [0.4, 0.5) is 5.82 Å². The van der Waals surface area contributed by atoms with Crippen LogP contribution in [0.15, 0.2) is 12.4 Å². The van der Waals surface area contributed by atoms with Gasteiger partial charge in [0.05, 0.1) is 11.6 Å². The highest BCUT2D eigenvalue weighted by Crippen LogP contribution is 2.43. The van der Waals surface area contributed by atoms with Gasteiger partial charge in [-0.25, -0.2) is 9.97 Å². The molecule has 0 radical (unpaired) electrons. The Kier molecular flexibility index (Phi) is 2.66. The predicted molar refractivity (Wildman–Crippen MR) is 69.7 cm³/mol. The van der Waals surface area contributed by atoms with Crippen LogP contribution in [0.3, 0.4) is 0 Å². The van der Waals surface area contributed by atoms with Gasteiger partial charge < -0.3 is 15.4 Å². The van der Waals surface area contributed by atoms with Gasteiger partial charge in [0.15, 0.2) is 0 Å². The Morgan fingerprint density at radius 2 is 2.11 bits per heavy atom. The van der Waals surface area contributed by atoms with Crippen molar-refractivity contribution >= 4 is 5.82 Å². The summed E-state index contributed by atoms with van der Waals surface area (Å²) < 4.78 is 5.58. The lowest BCUT2D eigenvalue weighted by atomic mass is 9.86. The Morgan fingerprint density at radius 3 is 2.72 bits per heavy atom. The van der Waals surface area contributed by atoms with Gasteiger partial charge in [0.2, 0.25) is 5.88 Å². The zero-order valence-corrected chi connectivity index (χ0v) is 11.0. The number of nitrogens with two attached hydrogens (primary N) is 1. The van der Waals surface area contributed by atoms with Gasteiger partial charge in [0.1, 0.15) is 12.1 Å². The Balaban J connectivity index is 1.66. The van der Waals surface area contributed by atoms with E-state index in [1.54, 1.807) is 6.33 Å². The molecule has 2 fully saturated rings. The van der Waals surface area contributed by atoms with E-state index in [0.717, 1.165) is 24.8 Å². The molecule has 18 heavy (non-hydrogen) atoms. The fraction of sp³-hybridized carbons (Fsp3) is 0.692. The van der Waals surface area contributed by atoms with Crippen molar-refractivity contribution < 1.29 is 4.74 Å². The first-order valence-corrected chi connectivity index (χ1v) is 6.59. The van der Waals surface area contributed by atoms with Crippen LogP contribution in [0.2, 0.25) is 0 Å². The van der Waals surface area contributed by atoms with E-state index in [2.05, 4.69) is 14.9 Å². The maximum absolute atomic E-state index is 6.34. The molecule has 0 amide bonds. The molecule has 0 aromatic carbocycles. The average Bonchev–Trinajstić information content (AvgIpc) is 3.08. The van der Waals surface area contributed by atoms with Gasteiger partial charge in [-0.1, -0.05) is 0 Å². The van der Waals surface area contributed by atoms with Gasteiger partial charge >= 0.3 is 0 Å². The third-order valence-electron chi connectivity index (χ3n) is 3.67. The van der Waals surface area contributed by atoms with E-state index < -0.39 is 0 Å². The summed E-state index contributed by atoms with van der Waals surface area (Å²) in [7, 11) is 0. The van der Waals surface area contributed by atoms with Gasteiger partial charge in [-0.15, -0.1) is 0 Å². The summed E-state index contributed by atoms with van der Waals surface area (Å²) in [6.45, 7) is 5.78. The monoisotopic (exact) mass is 248 g/mol. The summed E-state index contributed by atoms with van der Waals surface area (Å²) in [6.07, 6.45) is 4.26. The van der Waals surface area contributed by atoms with Crippen molar-refractivity contribution in [3.05, 3.63) is 12.4 Å². The van der Waals surface area contributed by atoms with E-state index in [0.29, 0.717) is 5.88 Å². The fourth-order valence-electron chi connectivity index (χ4n) is 2.55. The second-order valence-corrected chi connectivity index (χ2v) is 5.74. The molecule has 0 atom stereocenters. The molecule has 2 N–H and O–H groups in total. The van der Waals surface area contributed by atoms with Crippen LogP contribution < -0.4 is 15.4 Å². The lowest BCUT2D eigenvalue weighted by Gasteiger charge is -2.48. The van der Waals surface area contributed by atoms with Crippen molar-refractivity contribution in [3.63, 3.8) is 0 Å². The number of hydrogen-bond donors (Lipinski definition) is 1. The van der Waals surface area contributed by atoms with Crippen LogP contribution in [0.25, 0.3) is 0 Å². The minimum Gasteiger partial charge on any atom is -0.475 e. The van der Waals surface area contributed by atoms with Crippen LogP contribution >= 0.6 is 0 Å². The summed E-state index contributed by atoms with van der Waals surface area (Å²) in [5.41, 5.74) is 6.36. The molecule has 0 spiro atoms. The van der Waals surface area contributed by atoms with Crippen LogP contribution in [0.1, 0.15) is 26.7 Å². The van der Waals surface area contributed by atoms with Gasteiger partial charge in [-0.3, -0.25) is 0 Å². The van der Waals surface area contributed by atoms with Crippen molar-refractivity contribution in [2.24, 2.45) is 11.7 Å². The standard InChI is InChI=1S/C13H20N4O/c1-9(2)18-12-5-11(15-8-16-12)17-6-13(14,7-17)10-3-4-10/h5,8-10H,3-4,6-7,14H2,1-2H3. The van der Waals surface area contributed by atoms with Gasteiger partial charge in [0.25, 0.3) is 0 Å². The van der Waals surface area contributed by atoms with E-state index in [4.69, 9.17) is 10.5 Å². The normalized spacial score (nSPS) is 21.9. The van der Waals surface area contributed by atoms with Crippen LogP contribution in [0, 0.1) is 5.92 Å².